The highest BCUT2D eigenvalue weighted by atomic mass is 32.1. The predicted octanol–water partition coefficient (Wildman–Crippen LogP) is 4.57. The highest BCUT2D eigenvalue weighted by Crippen LogP contribution is 2.28. The van der Waals surface area contributed by atoms with Crippen molar-refractivity contribution in [3.63, 3.8) is 0 Å². The summed E-state index contributed by atoms with van der Waals surface area (Å²) in [5, 5.41) is 1.98. The van der Waals surface area contributed by atoms with Gasteiger partial charge in [0.2, 0.25) is 0 Å². The summed E-state index contributed by atoms with van der Waals surface area (Å²) in [6.07, 6.45) is 5.92. The summed E-state index contributed by atoms with van der Waals surface area (Å²) in [6.45, 7) is 0.782. The van der Waals surface area contributed by atoms with Gasteiger partial charge in [0.1, 0.15) is 11.6 Å². The number of benzene rings is 1. The van der Waals surface area contributed by atoms with E-state index in [-0.39, 0.29) is 18.3 Å². The Morgan fingerprint density at radius 3 is 2.91 bits per heavy atom. The molecule has 0 aliphatic heterocycles. The quantitative estimate of drug-likeness (QED) is 0.633. The highest BCUT2D eigenvalue weighted by molar-refractivity contribution is 7.10. The number of rotatable bonds is 7. The number of nitrogens with zero attached hydrogens (tertiary/aromatic N) is 2. The van der Waals surface area contributed by atoms with Crippen LogP contribution in [-0.4, -0.2) is 9.55 Å². The number of aryl methyl sites for hydroxylation is 1. The van der Waals surface area contributed by atoms with E-state index in [1.807, 2.05) is 28.3 Å². The molecule has 3 nitrogen and oxygen atoms in total. The molecule has 0 radical (unpaired) electrons. The number of halogens is 2. The first-order valence-corrected chi connectivity index (χ1v) is 8.15. The van der Waals surface area contributed by atoms with Crippen LogP contribution in [0.4, 0.5) is 8.78 Å². The molecule has 2 heterocycles. The van der Waals surface area contributed by atoms with Crippen LogP contribution >= 0.6 is 11.3 Å². The Morgan fingerprint density at radius 2 is 2.17 bits per heavy atom. The zero-order chi connectivity index (χ0) is 16.1. The zero-order valence-corrected chi connectivity index (χ0v) is 13.2. The van der Waals surface area contributed by atoms with Gasteiger partial charge in [0, 0.05) is 29.4 Å². The monoisotopic (exact) mass is 334 g/mol. The molecule has 1 atom stereocenters. The fourth-order valence-corrected chi connectivity index (χ4v) is 3.12. The van der Waals surface area contributed by atoms with Crippen molar-refractivity contribution in [3.05, 3.63) is 76.5 Å². The smallest absolute Gasteiger partial charge is 0.128 e. The predicted molar refractivity (Wildman–Crippen MR) is 85.1 cm³/mol. The van der Waals surface area contributed by atoms with Crippen molar-refractivity contribution in [2.75, 3.05) is 0 Å². The molecular weight excluding hydrogens is 318 g/mol. The van der Waals surface area contributed by atoms with Crippen molar-refractivity contribution in [2.24, 2.45) is 0 Å². The molecular formula is C17H16F2N2OS. The molecule has 0 saturated carbocycles. The molecule has 0 fully saturated rings. The van der Waals surface area contributed by atoms with Gasteiger partial charge < -0.3 is 9.30 Å². The summed E-state index contributed by atoms with van der Waals surface area (Å²) in [7, 11) is 0. The molecule has 0 spiro atoms. The summed E-state index contributed by atoms with van der Waals surface area (Å²) >= 11 is 1.59. The largest absolute Gasteiger partial charge is 0.368 e. The van der Waals surface area contributed by atoms with Gasteiger partial charge in [-0.2, -0.15) is 0 Å². The van der Waals surface area contributed by atoms with Crippen LogP contribution in [0.1, 0.15) is 23.0 Å². The summed E-state index contributed by atoms with van der Waals surface area (Å²) in [5.41, 5.74) is 0.231. The normalized spacial score (nSPS) is 12.4. The van der Waals surface area contributed by atoms with Gasteiger partial charge in [-0.1, -0.05) is 6.07 Å². The third-order valence-corrected chi connectivity index (χ3v) is 4.48. The Kier molecular flexibility index (Phi) is 5.15. The molecule has 6 heteroatoms. The molecule has 0 aliphatic carbocycles. The van der Waals surface area contributed by atoms with Crippen molar-refractivity contribution in [3.8, 4) is 0 Å². The van der Waals surface area contributed by atoms with Crippen molar-refractivity contribution < 1.29 is 13.5 Å². The second-order valence-corrected chi connectivity index (χ2v) is 6.12. The second-order valence-electron chi connectivity index (χ2n) is 5.14. The average molecular weight is 334 g/mol. The van der Waals surface area contributed by atoms with E-state index in [2.05, 4.69) is 4.98 Å². The van der Waals surface area contributed by atoms with Crippen molar-refractivity contribution in [1.29, 1.82) is 0 Å². The Hall–Kier alpha value is -2.05. The number of hydrogen-bond acceptors (Lipinski definition) is 3. The number of ether oxygens (including phenoxy) is 1. The lowest BCUT2D eigenvalue weighted by Gasteiger charge is -2.17. The van der Waals surface area contributed by atoms with Gasteiger partial charge in [-0.05, 0) is 36.1 Å². The van der Waals surface area contributed by atoms with E-state index in [0.717, 1.165) is 30.0 Å². The minimum atomic E-state index is -0.462. The molecule has 0 saturated heterocycles. The standard InChI is InChI=1S/C17H16F2N2OS/c18-14-3-4-15(19)13(10-14)11-22-16(17-2-1-9-23-17)5-7-21-8-6-20-12-21/h1-4,6,8-10,12,16H,5,7,11H2. The van der Waals surface area contributed by atoms with Gasteiger partial charge >= 0.3 is 0 Å². The Bertz CT molecular complexity index is 729. The molecule has 1 aromatic carbocycles. The fraction of sp³-hybridized carbons (Fsp3) is 0.235. The molecule has 0 aliphatic rings. The van der Waals surface area contributed by atoms with Crippen LogP contribution < -0.4 is 0 Å². The molecule has 3 rings (SSSR count). The lowest BCUT2D eigenvalue weighted by Crippen LogP contribution is -2.08. The summed E-state index contributed by atoms with van der Waals surface area (Å²) in [6, 6.07) is 7.35. The van der Waals surface area contributed by atoms with Crippen LogP contribution in [0.3, 0.4) is 0 Å². The highest BCUT2D eigenvalue weighted by Gasteiger charge is 2.15. The van der Waals surface area contributed by atoms with Gasteiger partial charge in [0.25, 0.3) is 0 Å². The first-order chi connectivity index (χ1) is 11.2. The lowest BCUT2D eigenvalue weighted by molar-refractivity contribution is 0.0317. The zero-order valence-electron chi connectivity index (χ0n) is 12.4. The SMILES string of the molecule is Fc1ccc(F)c(COC(CCn2ccnc2)c2cccs2)c1. The van der Waals surface area contributed by atoms with Crippen molar-refractivity contribution >= 4 is 11.3 Å². The number of aromatic nitrogens is 2. The molecule has 0 amide bonds. The van der Waals surface area contributed by atoms with Gasteiger partial charge in [0.15, 0.2) is 0 Å². The number of imidazole rings is 1. The maximum Gasteiger partial charge on any atom is 0.128 e. The lowest BCUT2D eigenvalue weighted by atomic mass is 10.2. The van der Waals surface area contributed by atoms with Crippen molar-refractivity contribution in [1.82, 2.24) is 9.55 Å². The maximum atomic E-state index is 13.7. The minimum Gasteiger partial charge on any atom is -0.368 e. The van der Waals surface area contributed by atoms with Gasteiger partial charge in [-0.15, -0.1) is 11.3 Å². The molecule has 0 bridgehead atoms. The first kappa shape index (κ1) is 15.8. The van der Waals surface area contributed by atoms with Crippen LogP contribution in [0, 0.1) is 11.6 Å². The first-order valence-electron chi connectivity index (χ1n) is 7.27. The van der Waals surface area contributed by atoms with Crippen molar-refractivity contribution in [2.45, 2.75) is 25.7 Å². The molecule has 0 N–H and O–H groups in total. The molecule has 2 aromatic heterocycles. The van der Waals surface area contributed by atoms with Crippen LogP contribution in [-0.2, 0) is 17.9 Å². The van der Waals surface area contributed by atoms with E-state index in [9.17, 15) is 8.78 Å². The van der Waals surface area contributed by atoms with Gasteiger partial charge in [-0.3, -0.25) is 0 Å². The summed E-state index contributed by atoms with van der Waals surface area (Å²) in [4.78, 5) is 5.08. The van der Waals surface area contributed by atoms with E-state index in [1.54, 1.807) is 23.9 Å². The molecule has 120 valence electrons. The third-order valence-electron chi connectivity index (χ3n) is 3.52. The van der Waals surface area contributed by atoms with E-state index in [4.69, 9.17) is 4.74 Å². The van der Waals surface area contributed by atoms with E-state index < -0.39 is 11.6 Å². The van der Waals surface area contributed by atoms with Crippen LogP contribution in [0.15, 0.2) is 54.4 Å². The van der Waals surface area contributed by atoms with E-state index in [0.29, 0.717) is 0 Å². The molecule has 23 heavy (non-hydrogen) atoms. The van der Waals surface area contributed by atoms with Gasteiger partial charge in [0.05, 0.1) is 19.0 Å². The summed E-state index contributed by atoms with van der Waals surface area (Å²) < 4.78 is 34.8. The second kappa shape index (κ2) is 7.48. The molecule has 1 unspecified atom stereocenters. The Labute approximate surface area is 137 Å². The minimum absolute atomic E-state index is 0.0378. The number of hydrogen-bond donors (Lipinski definition) is 0. The number of thiophene rings is 1. The Balaban J connectivity index is 1.67. The maximum absolute atomic E-state index is 13.7. The van der Waals surface area contributed by atoms with Gasteiger partial charge in [-0.25, -0.2) is 13.8 Å². The van der Waals surface area contributed by atoms with E-state index >= 15 is 0 Å². The van der Waals surface area contributed by atoms with Crippen LogP contribution in [0.2, 0.25) is 0 Å². The van der Waals surface area contributed by atoms with E-state index in [1.165, 1.54) is 6.07 Å². The van der Waals surface area contributed by atoms with Crippen LogP contribution in [0.25, 0.3) is 0 Å². The average Bonchev–Trinajstić information content (AvgIpc) is 3.24. The third kappa shape index (κ3) is 4.24. The summed E-state index contributed by atoms with van der Waals surface area (Å²) in [5.74, 6) is -0.915. The molecule has 3 aromatic rings. The Morgan fingerprint density at radius 1 is 1.26 bits per heavy atom. The topological polar surface area (TPSA) is 27.1 Å². The fourth-order valence-electron chi connectivity index (χ4n) is 2.31. The van der Waals surface area contributed by atoms with Crippen LogP contribution in [0.5, 0.6) is 0 Å².